The molecule has 3 rings (SSSR count). The second-order valence-corrected chi connectivity index (χ2v) is 9.95. The fourth-order valence-electron chi connectivity index (χ4n) is 4.47. The number of benzene rings is 2. The average Bonchev–Trinajstić information content (AvgIpc) is 2.88. The summed E-state index contributed by atoms with van der Waals surface area (Å²) in [4.78, 5) is 32.9. The first-order valence-corrected chi connectivity index (χ1v) is 13.0. The van der Waals surface area contributed by atoms with Crippen LogP contribution in [0.1, 0.15) is 55.7 Å². The minimum Gasteiger partial charge on any atom is -0.493 e. The quantitative estimate of drug-likeness (QED) is 0.258. The van der Waals surface area contributed by atoms with E-state index in [4.69, 9.17) is 29.9 Å². The molecule has 11 nitrogen and oxygen atoms in total. The van der Waals surface area contributed by atoms with Gasteiger partial charge >= 0.3 is 17.9 Å². The van der Waals surface area contributed by atoms with Gasteiger partial charge in [0.2, 0.25) is 0 Å². The maximum atomic E-state index is 11.1. The molecule has 1 heterocycles. The van der Waals surface area contributed by atoms with Crippen LogP contribution in [-0.2, 0) is 26.5 Å². The minimum atomic E-state index is -2.74. The van der Waals surface area contributed by atoms with Crippen LogP contribution in [0.2, 0.25) is 0 Å². The van der Waals surface area contributed by atoms with Crippen molar-refractivity contribution in [2.75, 3.05) is 26.8 Å². The summed E-state index contributed by atoms with van der Waals surface area (Å²) in [5, 5.41) is 44.9. The number of nitrogens with zero attached hydrogens (tertiary/aromatic N) is 1. The first kappa shape index (κ1) is 32.5. The van der Waals surface area contributed by atoms with Crippen molar-refractivity contribution in [1.29, 1.82) is 0 Å². The largest absolute Gasteiger partial charge is 0.493 e. The molecule has 220 valence electrons. The Morgan fingerprint density at radius 2 is 1.60 bits per heavy atom. The summed E-state index contributed by atoms with van der Waals surface area (Å²) in [5.74, 6) is -3.38. The number of carbonyl (C=O) groups is 3. The molecule has 0 unspecified atom stereocenters. The summed E-state index contributed by atoms with van der Waals surface area (Å²) in [6.45, 7) is 7.37. The molecule has 0 amide bonds. The van der Waals surface area contributed by atoms with Gasteiger partial charge in [-0.25, -0.2) is 4.79 Å². The van der Waals surface area contributed by atoms with Gasteiger partial charge in [-0.3, -0.25) is 14.5 Å². The highest BCUT2D eigenvalue weighted by Crippen LogP contribution is 2.36. The topological polar surface area (TPSA) is 174 Å². The van der Waals surface area contributed by atoms with Crippen molar-refractivity contribution < 1.29 is 49.4 Å². The zero-order valence-corrected chi connectivity index (χ0v) is 23.1. The van der Waals surface area contributed by atoms with Gasteiger partial charge in [-0.15, -0.1) is 0 Å². The molecule has 0 aliphatic carbocycles. The molecular formula is C29H39NO10. The first-order chi connectivity index (χ1) is 18.8. The molecule has 0 spiro atoms. The number of para-hydroxylation sites is 1. The normalized spacial score (nSPS) is 14.9. The molecule has 0 aromatic heterocycles. The highest BCUT2D eigenvalue weighted by Gasteiger charge is 2.40. The Morgan fingerprint density at radius 3 is 2.10 bits per heavy atom. The van der Waals surface area contributed by atoms with E-state index >= 15 is 0 Å². The summed E-state index contributed by atoms with van der Waals surface area (Å²) in [7, 11) is 1.68. The fourth-order valence-corrected chi connectivity index (χ4v) is 4.47. The number of piperidine rings is 1. The van der Waals surface area contributed by atoms with Crippen molar-refractivity contribution >= 4 is 17.9 Å². The van der Waals surface area contributed by atoms with E-state index in [0.717, 1.165) is 61.5 Å². The third-order valence-electron chi connectivity index (χ3n) is 6.65. The number of rotatable bonds is 12. The second-order valence-electron chi connectivity index (χ2n) is 9.95. The third-order valence-corrected chi connectivity index (χ3v) is 6.65. The number of aliphatic hydroxyl groups is 2. The monoisotopic (exact) mass is 561 g/mol. The molecule has 0 bridgehead atoms. The number of methoxy groups -OCH3 is 1. The molecule has 2 aromatic rings. The van der Waals surface area contributed by atoms with Crippen LogP contribution in [0.5, 0.6) is 11.5 Å². The van der Waals surface area contributed by atoms with Gasteiger partial charge in [0, 0.05) is 25.2 Å². The number of carboxylic acids is 3. The van der Waals surface area contributed by atoms with E-state index < -0.39 is 42.0 Å². The maximum absolute atomic E-state index is 11.1. The molecule has 1 fully saturated rings. The molecule has 2 aromatic carbocycles. The van der Waals surface area contributed by atoms with Gasteiger partial charge in [0.1, 0.15) is 0 Å². The van der Waals surface area contributed by atoms with E-state index in [2.05, 4.69) is 36.9 Å². The number of aliphatic carboxylic acids is 3. The lowest BCUT2D eigenvalue weighted by Gasteiger charge is -2.39. The Kier molecular flexibility index (Phi) is 11.9. The summed E-state index contributed by atoms with van der Waals surface area (Å²) in [5.41, 5.74) is -0.0902. The average molecular weight is 562 g/mol. The number of hydrogen-bond donors (Lipinski definition) is 5. The van der Waals surface area contributed by atoms with E-state index in [1.165, 1.54) is 5.56 Å². The summed E-state index contributed by atoms with van der Waals surface area (Å²) in [6.07, 6.45) is 0.158. The minimum absolute atomic E-state index is 0.681. The summed E-state index contributed by atoms with van der Waals surface area (Å²) >= 11 is 0. The Balaban J connectivity index is 0.000000366. The van der Waals surface area contributed by atoms with Gasteiger partial charge < -0.3 is 35.0 Å². The first-order valence-electron chi connectivity index (χ1n) is 13.0. The van der Waals surface area contributed by atoms with Gasteiger partial charge in [-0.2, -0.15) is 0 Å². The highest BCUT2D eigenvalue weighted by molar-refractivity contribution is 5.88. The SMILES string of the molecule is CCCOc1c(CN2CCC(O)(c3cccc(C)c3)CC2)cccc1OC.O=C(O)CC(O)(CC(=O)O)C(=O)O. The molecule has 0 radical (unpaired) electrons. The smallest absolute Gasteiger partial charge is 0.336 e. The van der Waals surface area contributed by atoms with Crippen molar-refractivity contribution in [2.24, 2.45) is 0 Å². The Bertz CT molecular complexity index is 1140. The second kappa shape index (κ2) is 14.6. The number of aryl methyl sites for hydroxylation is 1. The molecule has 1 aliphatic heterocycles. The zero-order valence-electron chi connectivity index (χ0n) is 23.1. The lowest BCUT2D eigenvalue weighted by molar-refractivity contribution is -0.170. The van der Waals surface area contributed by atoms with Gasteiger partial charge in [0.15, 0.2) is 17.1 Å². The van der Waals surface area contributed by atoms with Crippen LogP contribution in [0.15, 0.2) is 42.5 Å². The lowest BCUT2D eigenvalue weighted by Crippen LogP contribution is -2.42. The van der Waals surface area contributed by atoms with E-state index in [9.17, 15) is 19.5 Å². The number of hydrogen-bond acceptors (Lipinski definition) is 8. The molecule has 0 saturated carbocycles. The number of carboxylic acid groups (broad SMARTS) is 3. The van der Waals surface area contributed by atoms with Crippen LogP contribution in [-0.4, -0.2) is 80.7 Å². The Hall–Kier alpha value is -3.67. The lowest BCUT2D eigenvalue weighted by atomic mass is 9.84. The molecular weight excluding hydrogens is 522 g/mol. The molecule has 11 heteroatoms. The third kappa shape index (κ3) is 9.22. The maximum Gasteiger partial charge on any atom is 0.336 e. The number of ether oxygens (including phenoxy) is 2. The van der Waals surface area contributed by atoms with E-state index in [1.54, 1.807) is 7.11 Å². The highest BCUT2D eigenvalue weighted by atomic mass is 16.5. The van der Waals surface area contributed by atoms with Crippen LogP contribution in [0.4, 0.5) is 0 Å². The van der Waals surface area contributed by atoms with Crippen LogP contribution in [0, 0.1) is 6.92 Å². The van der Waals surface area contributed by atoms with Crippen molar-refractivity contribution in [3.63, 3.8) is 0 Å². The molecule has 1 aliphatic rings. The molecule has 1 saturated heterocycles. The standard InChI is InChI=1S/C23H31NO3.C6H8O7/c1-4-15-27-22-19(8-6-10-21(22)26-3)17-24-13-11-23(25,12-14-24)20-9-5-7-18(2)16-20;7-3(8)1-6(13,5(11)12)2-4(9)10/h5-10,16,25H,4,11-15,17H2,1-3H3;13H,1-2H2,(H,7,8)(H,9,10)(H,11,12). The Morgan fingerprint density at radius 1 is 1.00 bits per heavy atom. The van der Waals surface area contributed by atoms with Gasteiger partial charge in [0.25, 0.3) is 0 Å². The van der Waals surface area contributed by atoms with E-state index in [0.29, 0.717) is 6.61 Å². The Labute approximate surface area is 233 Å². The summed E-state index contributed by atoms with van der Waals surface area (Å²) in [6, 6.07) is 14.3. The number of likely N-dealkylation sites (tertiary alicyclic amines) is 1. The zero-order chi connectivity index (χ0) is 29.9. The van der Waals surface area contributed by atoms with E-state index in [1.807, 2.05) is 24.3 Å². The van der Waals surface area contributed by atoms with Gasteiger partial charge in [-0.05, 0) is 37.8 Å². The van der Waals surface area contributed by atoms with Crippen LogP contribution < -0.4 is 9.47 Å². The van der Waals surface area contributed by atoms with Gasteiger partial charge in [0.05, 0.1) is 32.2 Å². The van der Waals surface area contributed by atoms with Crippen molar-refractivity contribution in [3.8, 4) is 11.5 Å². The van der Waals surface area contributed by atoms with Crippen molar-refractivity contribution in [1.82, 2.24) is 4.90 Å². The fraction of sp³-hybridized carbons (Fsp3) is 0.483. The van der Waals surface area contributed by atoms with Crippen molar-refractivity contribution in [3.05, 3.63) is 59.2 Å². The predicted molar refractivity (Wildman–Crippen MR) is 145 cm³/mol. The van der Waals surface area contributed by atoms with Gasteiger partial charge in [-0.1, -0.05) is 48.9 Å². The molecule has 0 atom stereocenters. The van der Waals surface area contributed by atoms with E-state index in [-0.39, 0.29) is 0 Å². The van der Waals surface area contributed by atoms with Crippen molar-refractivity contribution in [2.45, 2.75) is 63.7 Å². The van der Waals surface area contributed by atoms with Crippen LogP contribution in [0.3, 0.4) is 0 Å². The summed E-state index contributed by atoms with van der Waals surface area (Å²) < 4.78 is 11.5. The predicted octanol–water partition coefficient (Wildman–Crippen LogP) is 3.03. The van der Waals surface area contributed by atoms with Crippen LogP contribution >= 0.6 is 0 Å². The van der Waals surface area contributed by atoms with Crippen LogP contribution in [0.25, 0.3) is 0 Å². The molecule has 5 N–H and O–H groups in total. The molecule has 40 heavy (non-hydrogen) atoms.